The summed E-state index contributed by atoms with van der Waals surface area (Å²) in [5.41, 5.74) is 8.68. The third-order valence-electron chi connectivity index (χ3n) is 3.94. The molecule has 0 aliphatic carbocycles. The average Bonchev–Trinajstić information content (AvgIpc) is 2.73. The van der Waals surface area contributed by atoms with E-state index in [2.05, 4.69) is 9.97 Å². The molecule has 0 fully saturated rings. The Bertz CT molecular complexity index is 976. The molecule has 7 heteroatoms. The van der Waals surface area contributed by atoms with E-state index < -0.39 is 5.97 Å². The Morgan fingerprint density at radius 2 is 1.71 bits per heavy atom. The van der Waals surface area contributed by atoms with Crippen LogP contribution in [0.3, 0.4) is 0 Å². The number of benzene rings is 2. The molecule has 1 aromatic heterocycles. The van der Waals surface area contributed by atoms with Crippen molar-refractivity contribution in [3.63, 3.8) is 0 Å². The molecule has 0 bridgehead atoms. The van der Waals surface area contributed by atoms with Crippen molar-refractivity contribution >= 4 is 29.3 Å². The number of rotatable bonds is 7. The number of anilines is 1. The zero-order chi connectivity index (χ0) is 19.9. The number of nitrogen functional groups attached to an aromatic ring is 1. The van der Waals surface area contributed by atoms with E-state index in [0.29, 0.717) is 10.7 Å². The second-order valence-corrected chi connectivity index (χ2v) is 6.77. The van der Waals surface area contributed by atoms with E-state index in [4.69, 9.17) is 10.5 Å². The van der Waals surface area contributed by atoms with Crippen LogP contribution >= 0.6 is 11.8 Å². The van der Waals surface area contributed by atoms with E-state index in [9.17, 15) is 9.59 Å². The standard InChI is InChI=1S/C21H19N3O3S/c1-2-27-20(26)17-12-23-21(24-19(17)22)28-13-18(25)16-10-8-15(9-11-16)14-6-4-3-5-7-14/h3-12H,2,13H2,1H3,(H2,22,23,24). The lowest BCUT2D eigenvalue weighted by atomic mass is 10.0. The third-order valence-corrected chi connectivity index (χ3v) is 4.80. The summed E-state index contributed by atoms with van der Waals surface area (Å²) < 4.78 is 4.89. The fourth-order valence-electron chi connectivity index (χ4n) is 2.51. The lowest BCUT2D eigenvalue weighted by Gasteiger charge is -2.06. The van der Waals surface area contributed by atoms with Gasteiger partial charge >= 0.3 is 5.97 Å². The second-order valence-electron chi connectivity index (χ2n) is 5.83. The van der Waals surface area contributed by atoms with Gasteiger partial charge in [-0.2, -0.15) is 0 Å². The predicted molar refractivity (Wildman–Crippen MR) is 109 cm³/mol. The van der Waals surface area contributed by atoms with Crippen molar-refractivity contribution < 1.29 is 14.3 Å². The first-order valence-corrected chi connectivity index (χ1v) is 9.68. The molecule has 0 saturated carbocycles. The maximum atomic E-state index is 12.4. The lowest BCUT2D eigenvalue weighted by Crippen LogP contribution is -2.11. The number of ether oxygens (including phenoxy) is 1. The van der Waals surface area contributed by atoms with E-state index in [0.717, 1.165) is 11.1 Å². The van der Waals surface area contributed by atoms with E-state index in [1.54, 1.807) is 6.92 Å². The maximum Gasteiger partial charge on any atom is 0.343 e. The zero-order valence-corrected chi connectivity index (χ0v) is 16.1. The van der Waals surface area contributed by atoms with Gasteiger partial charge in [-0.1, -0.05) is 66.4 Å². The Morgan fingerprint density at radius 3 is 2.36 bits per heavy atom. The number of nitrogens with two attached hydrogens (primary N) is 1. The Labute approximate surface area is 167 Å². The molecule has 0 radical (unpaired) electrons. The fraction of sp³-hybridized carbons (Fsp3) is 0.143. The summed E-state index contributed by atoms with van der Waals surface area (Å²) in [5, 5.41) is 0.333. The minimum atomic E-state index is -0.564. The van der Waals surface area contributed by atoms with Crippen LogP contribution in [0, 0.1) is 0 Å². The Hall–Kier alpha value is -3.19. The number of hydrogen-bond donors (Lipinski definition) is 1. The quantitative estimate of drug-likeness (QED) is 0.282. The summed E-state index contributed by atoms with van der Waals surface area (Å²) in [6.45, 7) is 1.95. The highest BCUT2D eigenvalue weighted by Crippen LogP contribution is 2.21. The van der Waals surface area contributed by atoms with Crippen molar-refractivity contribution in [1.29, 1.82) is 0 Å². The number of hydrogen-bond acceptors (Lipinski definition) is 7. The first-order valence-electron chi connectivity index (χ1n) is 8.69. The van der Waals surface area contributed by atoms with Gasteiger partial charge in [-0.3, -0.25) is 4.79 Å². The topological polar surface area (TPSA) is 95.2 Å². The molecule has 0 spiro atoms. The minimum Gasteiger partial charge on any atom is -0.462 e. The largest absolute Gasteiger partial charge is 0.462 e. The molecule has 0 saturated heterocycles. The first-order chi connectivity index (χ1) is 13.6. The van der Waals surface area contributed by atoms with Gasteiger partial charge in [0.15, 0.2) is 10.9 Å². The summed E-state index contributed by atoms with van der Waals surface area (Å²) in [4.78, 5) is 32.3. The molecular formula is C21H19N3O3S. The summed E-state index contributed by atoms with van der Waals surface area (Å²) in [6.07, 6.45) is 1.32. The highest BCUT2D eigenvalue weighted by Gasteiger charge is 2.15. The van der Waals surface area contributed by atoms with Gasteiger partial charge < -0.3 is 10.5 Å². The summed E-state index contributed by atoms with van der Waals surface area (Å²) >= 11 is 1.17. The fourth-order valence-corrected chi connectivity index (χ4v) is 3.22. The molecule has 142 valence electrons. The maximum absolute atomic E-state index is 12.4. The van der Waals surface area contributed by atoms with Crippen LogP contribution in [0.2, 0.25) is 0 Å². The van der Waals surface area contributed by atoms with Crippen molar-refractivity contribution in [2.45, 2.75) is 12.1 Å². The smallest absolute Gasteiger partial charge is 0.343 e. The van der Waals surface area contributed by atoms with E-state index in [1.807, 2.05) is 54.6 Å². The number of thioether (sulfide) groups is 1. The van der Waals surface area contributed by atoms with Gasteiger partial charge in [-0.05, 0) is 18.1 Å². The molecule has 1 heterocycles. The van der Waals surface area contributed by atoms with E-state index >= 15 is 0 Å². The molecule has 0 aliphatic rings. The minimum absolute atomic E-state index is 0.0376. The van der Waals surface area contributed by atoms with E-state index in [1.165, 1.54) is 18.0 Å². The summed E-state index contributed by atoms with van der Waals surface area (Å²) in [7, 11) is 0. The number of aromatic nitrogens is 2. The molecule has 6 nitrogen and oxygen atoms in total. The summed E-state index contributed by atoms with van der Waals surface area (Å²) in [5.74, 6) is -0.397. The molecule has 0 unspecified atom stereocenters. The molecule has 0 amide bonds. The van der Waals surface area contributed by atoms with Gasteiger partial charge in [-0.15, -0.1) is 0 Å². The van der Waals surface area contributed by atoms with Crippen molar-refractivity contribution in [1.82, 2.24) is 9.97 Å². The van der Waals surface area contributed by atoms with E-state index in [-0.39, 0.29) is 29.5 Å². The molecule has 3 aromatic rings. The molecular weight excluding hydrogens is 374 g/mol. The monoisotopic (exact) mass is 393 g/mol. The van der Waals surface area contributed by atoms with Gasteiger partial charge in [-0.25, -0.2) is 14.8 Å². The van der Waals surface area contributed by atoms with Crippen LogP contribution < -0.4 is 5.73 Å². The van der Waals surface area contributed by atoms with Gasteiger partial charge in [0.1, 0.15) is 11.4 Å². The van der Waals surface area contributed by atoms with Crippen LogP contribution in [0.15, 0.2) is 66.0 Å². The van der Waals surface area contributed by atoms with Crippen LogP contribution in [0.5, 0.6) is 0 Å². The first kappa shape index (κ1) is 19.6. The average molecular weight is 393 g/mol. The van der Waals surface area contributed by atoms with Crippen LogP contribution in [0.1, 0.15) is 27.6 Å². The predicted octanol–water partition coefficient (Wildman–Crippen LogP) is 3.88. The number of esters is 1. The van der Waals surface area contributed by atoms with Crippen molar-refractivity contribution in [2.24, 2.45) is 0 Å². The Kier molecular flexibility index (Phi) is 6.39. The number of Topliss-reactive ketones (excluding diaryl/α,β-unsaturated/α-hetero) is 1. The number of carbonyl (C=O) groups is 2. The van der Waals surface area contributed by atoms with Crippen LogP contribution in [0.25, 0.3) is 11.1 Å². The molecule has 2 aromatic carbocycles. The molecule has 28 heavy (non-hydrogen) atoms. The van der Waals surface area contributed by atoms with Gasteiger partial charge in [0.05, 0.1) is 12.4 Å². The molecule has 0 atom stereocenters. The van der Waals surface area contributed by atoms with Crippen molar-refractivity contribution in [3.05, 3.63) is 71.9 Å². The van der Waals surface area contributed by atoms with Gasteiger partial charge in [0.25, 0.3) is 0 Å². The molecule has 2 N–H and O–H groups in total. The highest BCUT2D eigenvalue weighted by molar-refractivity contribution is 7.99. The number of nitrogens with zero attached hydrogens (tertiary/aromatic N) is 2. The normalized spacial score (nSPS) is 10.5. The van der Waals surface area contributed by atoms with Crippen molar-refractivity contribution in [3.8, 4) is 11.1 Å². The number of ketones is 1. The second kappa shape index (κ2) is 9.14. The Balaban J connectivity index is 1.62. The third kappa shape index (κ3) is 4.75. The van der Waals surface area contributed by atoms with Crippen LogP contribution in [-0.4, -0.2) is 34.1 Å². The van der Waals surface area contributed by atoms with Gasteiger partial charge in [0, 0.05) is 11.8 Å². The lowest BCUT2D eigenvalue weighted by molar-refractivity contribution is 0.0526. The van der Waals surface area contributed by atoms with Crippen LogP contribution in [0.4, 0.5) is 5.82 Å². The molecule has 3 rings (SSSR count). The zero-order valence-electron chi connectivity index (χ0n) is 15.3. The summed E-state index contributed by atoms with van der Waals surface area (Å²) in [6, 6.07) is 17.4. The van der Waals surface area contributed by atoms with Crippen LogP contribution in [-0.2, 0) is 4.74 Å². The van der Waals surface area contributed by atoms with Gasteiger partial charge in [0.2, 0.25) is 0 Å². The number of carbonyl (C=O) groups excluding carboxylic acids is 2. The Morgan fingerprint density at radius 1 is 1.04 bits per heavy atom. The highest BCUT2D eigenvalue weighted by atomic mass is 32.2. The SMILES string of the molecule is CCOC(=O)c1cnc(SCC(=O)c2ccc(-c3ccccc3)cc2)nc1N. The van der Waals surface area contributed by atoms with Crippen molar-refractivity contribution in [2.75, 3.05) is 18.1 Å². The molecule has 0 aliphatic heterocycles.